The summed E-state index contributed by atoms with van der Waals surface area (Å²) in [5.41, 5.74) is 11.0. The summed E-state index contributed by atoms with van der Waals surface area (Å²) in [6, 6.07) is -5.10. The van der Waals surface area contributed by atoms with Crippen LogP contribution in [0.25, 0.3) is 0 Å². The number of hydrogen-bond acceptors (Lipinski definition) is 9. The van der Waals surface area contributed by atoms with Crippen molar-refractivity contribution in [3.63, 3.8) is 0 Å². The Labute approximate surface area is 184 Å². The number of aliphatic hydroxyl groups excluding tert-OH is 1. The fourth-order valence-corrected chi connectivity index (χ4v) is 2.56. The molecule has 14 heteroatoms. The average molecular weight is 466 g/mol. The Kier molecular flexibility index (Phi) is 14.2. The van der Waals surface area contributed by atoms with Crippen molar-refractivity contribution < 1.29 is 39.3 Å². The van der Waals surface area contributed by atoms with E-state index in [1.54, 1.807) is 0 Å². The van der Waals surface area contributed by atoms with Crippen molar-refractivity contribution in [1.82, 2.24) is 16.0 Å². The highest BCUT2D eigenvalue weighted by atomic mass is 32.1. The van der Waals surface area contributed by atoms with E-state index in [-0.39, 0.29) is 18.6 Å². The number of hydrogen-bond donors (Lipinski definition) is 9. The summed E-state index contributed by atoms with van der Waals surface area (Å²) in [6.07, 6.45) is 0.338. The summed E-state index contributed by atoms with van der Waals surface area (Å²) >= 11 is 3.89. The van der Waals surface area contributed by atoms with Gasteiger partial charge in [-0.2, -0.15) is 12.6 Å². The number of carboxylic acids is 2. The van der Waals surface area contributed by atoms with Gasteiger partial charge < -0.3 is 42.7 Å². The molecule has 4 unspecified atom stereocenters. The average Bonchev–Trinajstić information content (AvgIpc) is 2.72. The maximum atomic E-state index is 12.7. The number of carboxylic acid groups (broad SMARTS) is 2. The molecule has 0 saturated heterocycles. The second-order valence-electron chi connectivity index (χ2n) is 6.71. The van der Waals surface area contributed by atoms with Gasteiger partial charge in [-0.3, -0.25) is 19.2 Å². The van der Waals surface area contributed by atoms with Crippen LogP contribution >= 0.6 is 12.6 Å². The second kappa shape index (κ2) is 15.4. The van der Waals surface area contributed by atoms with Gasteiger partial charge in [-0.1, -0.05) is 0 Å². The quantitative estimate of drug-likeness (QED) is 0.0816. The molecule has 10 N–H and O–H groups in total. The molecule has 31 heavy (non-hydrogen) atoms. The van der Waals surface area contributed by atoms with E-state index in [4.69, 9.17) is 26.8 Å². The number of thiol groups is 1. The molecule has 0 aliphatic rings. The Morgan fingerprint density at radius 3 is 1.81 bits per heavy atom. The van der Waals surface area contributed by atoms with Gasteiger partial charge in [0.25, 0.3) is 0 Å². The number of unbranched alkanes of at least 4 members (excludes halogenated alkanes) is 1. The Morgan fingerprint density at radius 2 is 1.35 bits per heavy atom. The largest absolute Gasteiger partial charge is 0.481 e. The van der Waals surface area contributed by atoms with Crippen molar-refractivity contribution in [2.24, 2.45) is 11.5 Å². The highest BCUT2D eigenvalue weighted by Gasteiger charge is 2.30. The molecule has 0 aliphatic carbocycles. The van der Waals surface area contributed by atoms with Gasteiger partial charge in [-0.15, -0.1) is 0 Å². The molecule has 0 aromatic rings. The van der Waals surface area contributed by atoms with Crippen molar-refractivity contribution in [2.75, 3.05) is 18.9 Å². The molecule has 4 atom stereocenters. The number of rotatable bonds is 16. The molecule has 0 bridgehead atoms. The van der Waals surface area contributed by atoms with Crippen LogP contribution in [0.15, 0.2) is 0 Å². The summed E-state index contributed by atoms with van der Waals surface area (Å²) in [7, 11) is 0. The molecule has 0 fully saturated rings. The van der Waals surface area contributed by atoms with Crippen molar-refractivity contribution in [3.8, 4) is 0 Å². The summed E-state index contributed by atoms with van der Waals surface area (Å²) in [6.45, 7) is -0.529. The maximum Gasteiger partial charge on any atom is 0.328 e. The van der Waals surface area contributed by atoms with Crippen LogP contribution in [0.2, 0.25) is 0 Å². The van der Waals surface area contributed by atoms with Crippen LogP contribution in [0.3, 0.4) is 0 Å². The van der Waals surface area contributed by atoms with Crippen molar-refractivity contribution in [3.05, 3.63) is 0 Å². The third-order valence-electron chi connectivity index (χ3n) is 4.19. The first-order chi connectivity index (χ1) is 14.6. The topological polar surface area (TPSA) is 234 Å². The van der Waals surface area contributed by atoms with Crippen molar-refractivity contribution in [2.45, 2.75) is 56.3 Å². The minimum absolute atomic E-state index is 0.0129. The zero-order chi connectivity index (χ0) is 24.0. The standard InChI is InChI=1S/C17H31N5O8S/c18-6-2-1-3-10(15(27)22-12(7-23)17(29)30)21-16(28)11(4-5-13(24)25)20-14(26)9(19)8-31/h9-12,23,31H,1-8,18-19H2,(H,20,26)(H,21,28)(H,22,27)(H,24,25)(H,29,30). The summed E-state index contributed by atoms with van der Waals surface area (Å²) in [5.74, 6) is -5.10. The number of amides is 3. The smallest absolute Gasteiger partial charge is 0.328 e. The van der Waals surface area contributed by atoms with Gasteiger partial charge in [-0.05, 0) is 32.2 Å². The lowest BCUT2D eigenvalue weighted by atomic mass is 10.1. The van der Waals surface area contributed by atoms with E-state index in [2.05, 4.69) is 28.6 Å². The van der Waals surface area contributed by atoms with Gasteiger partial charge in [0.1, 0.15) is 18.1 Å². The highest BCUT2D eigenvalue weighted by Crippen LogP contribution is 2.05. The minimum atomic E-state index is -1.57. The van der Waals surface area contributed by atoms with Crippen LogP contribution < -0.4 is 27.4 Å². The van der Waals surface area contributed by atoms with Crippen molar-refractivity contribution in [1.29, 1.82) is 0 Å². The number of aliphatic hydroxyl groups is 1. The van der Waals surface area contributed by atoms with E-state index >= 15 is 0 Å². The monoisotopic (exact) mass is 465 g/mol. The van der Waals surface area contributed by atoms with Crippen LogP contribution in [0.1, 0.15) is 32.1 Å². The molecule has 0 aromatic heterocycles. The molecule has 0 radical (unpaired) electrons. The van der Waals surface area contributed by atoms with Gasteiger partial charge in [-0.25, -0.2) is 4.79 Å². The minimum Gasteiger partial charge on any atom is -0.481 e. The normalized spacial score (nSPS) is 14.6. The zero-order valence-electron chi connectivity index (χ0n) is 17.0. The summed E-state index contributed by atoms with van der Waals surface area (Å²) < 4.78 is 0. The third kappa shape index (κ3) is 11.5. The molecule has 0 saturated carbocycles. The maximum absolute atomic E-state index is 12.7. The van der Waals surface area contributed by atoms with Gasteiger partial charge in [0.05, 0.1) is 12.6 Å². The van der Waals surface area contributed by atoms with Crippen LogP contribution in [-0.4, -0.2) is 88.1 Å². The lowest BCUT2D eigenvalue weighted by Crippen LogP contribution is -2.57. The molecule has 13 nitrogen and oxygen atoms in total. The molecule has 3 amide bonds. The molecule has 0 spiro atoms. The first kappa shape index (κ1) is 28.6. The molecule has 0 aliphatic heterocycles. The Bertz CT molecular complexity index is 636. The Morgan fingerprint density at radius 1 is 0.839 bits per heavy atom. The number of aliphatic carboxylic acids is 2. The van der Waals surface area contributed by atoms with E-state index < -0.39 is 66.9 Å². The van der Waals surface area contributed by atoms with E-state index in [1.165, 1.54) is 0 Å². The van der Waals surface area contributed by atoms with Gasteiger partial charge in [0, 0.05) is 12.2 Å². The predicted octanol–water partition coefficient (Wildman–Crippen LogP) is -3.23. The molecule has 0 aromatic carbocycles. The van der Waals surface area contributed by atoms with Crippen LogP contribution in [-0.2, 0) is 24.0 Å². The second-order valence-corrected chi connectivity index (χ2v) is 7.08. The lowest BCUT2D eigenvalue weighted by Gasteiger charge is -2.24. The number of carbonyl (C=O) groups excluding carboxylic acids is 3. The molecule has 0 heterocycles. The number of carbonyl (C=O) groups is 5. The number of nitrogens with two attached hydrogens (primary N) is 2. The highest BCUT2D eigenvalue weighted by molar-refractivity contribution is 7.80. The first-order valence-electron chi connectivity index (χ1n) is 9.60. The SMILES string of the molecule is NCCCCC(NC(=O)C(CCC(=O)O)NC(=O)C(N)CS)C(=O)NC(CO)C(=O)O. The van der Waals surface area contributed by atoms with Gasteiger partial charge >= 0.3 is 11.9 Å². The number of nitrogens with one attached hydrogen (secondary N) is 3. The fourth-order valence-electron chi connectivity index (χ4n) is 2.39. The lowest BCUT2D eigenvalue weighted by molar-refractivity contribution is -0.143. The van der Waals surface area contributed by atoms with Gasteiger partial charge in [0.15, 0.2) is 0 Å². The predicted molar refractivity (Wildman–Crippen MR) is 112 cm³/mol. The van der Waals surface area contributed by atoms with E-state index in [0.717, 1.165) is 0 Å². The fraction of sp³-hybridized carbons (Fsp3) is 0.706. The van der Waals surface area contributed by atoms with Gasteiger partial charge in [0.2, 0.25) is 17.7 Å². The molecular weight excluding hydrogens is 434 g/mol. The summed E-state index contributed by atoms with van der Waals surface area (Å²) in [5, 5.41) is 33.8. The van der Waals surface area contributed by atoms with Crippen LogP contribution in [0.5, 0.6) is 0 Å². The van der Waals surface area contributed by atoms with E-state index in [9.17, 15) is 24.0 Å². The summed E-state index contributed by atoms with van der Waals surface area (Å²) in [4.78, 5) is 59.1. The third-order valence-corrected chi connectivity index (χ3v) is 4.58. The van der Waals surface area contributed by atoms with E-state index in [0.29, 0.717) is 19.4 Å². The Balaban J connectivity index is 5.41. The van der Waals surface area contributed by atoms with Crippen LogP contribution in [0.4, 0.5) is 0 Å². The molecular formula is C17H31N5O8S. The van der Waals surface area contributed by atoms with Crippen LogP contribution in [0, 0.1) is 0 Å². The molecule has 0 rings (SSSR count). The zero-order valence-corrected chi connectivity index (χ0v) is 17.8. The first-order valence-corrected chi connectivity index (χ1v) is 10.2. The van der Waals surface area contributed by atoms with Crippen molar-refractivity contribution >= 4 is 42.3 Å². The Hall–Kier alpha value is -2.42. The molecule has 178 valence electrons. The van der Waals surface area contributed by atoms with E-state index in [1.807, 2.05) is 0 Å².